The fraction of sp³-hybridized carbons (Fsp3) is 0. The quantitative estimate of drug-likeness (QED) is 0.183. The largest absolute Gasteiger partial charge is 0.455 e. The first-order valence-corrected chi connectivity index (χ1v) is 15.8. The van der Waals surface area contributed by atoms with Gasteiger partial charge in [-0.15, -0.1) is 0 Å². The lowest BCUT2D eigenvalue weighted by molar-refractivity contribution is 0.623. The van der Waals surface area contributed by atoms with Crippen molar-refractivity contribution in [2.24, 2.45) is 0 Å². The van der Waals surface area contributed by atoms with E-state index in [-0.39, 0.29) is 0 Å². The molecule has 3 aromatic heterocycles. The van der Waals surface area contributed by atoms with E-state index in [2.05, 4.69) is 48.5 Å². The molecule has 0 aliphatic rings. The van der Waals surface area contributed by atoms with Crippen LogP contribution in [0.25, 0.3) is 100 Å². The van der Waals surface area contributed by atoms with Crippen LogP contribution in [-0.4, -0.2) is 19.9 Å². The van der Waals surface area contributed by atoms with Crippen LogP contribution < -0.4 is 0 Å². The van der Waals surface area contributed by atoms with Gasteiger partial charge in [0.25, 0.3) is 0 Å². The highest BCUT2D eigenvalue weighted by Gasteiger charge is 2.19. The summed E-state index contributed by atoms with van der Waals surface area (Å²) in [5, 5.41) is 6.28. The fourth-order valence-corrected chi connectivity index (χ4v) is 6.63. The van der Waals surface area contributed by atoms with Gasteiger partial charge in [0.15, 0.2) is 23.1 Å². The Bertz CT molecular complexity index is 2840. The highest BCUT2D eigenvalue weighted by atomic mass is 16.3. The van der Waals surface area contributed by atoms with E-state index < -0.39 is 0 Å². The van der Waals surface area contributed by atoms with Crippen molar-refractivity contribution in [3.63, 3.8) is 0 Å². The van der Waals surface area contributed by atoms with Crippen LogP contribution in [-0.2, 0) is 0 Å². The van der Waals surface area contributed by atoms with Gasteiger partial charge in [-0.3, -0.25) is 0 Å². The Morgan fingerprint density at radius 2 is 1.06 bits per heavy atom. The number of rotatable bonds is 4. The third kappa shape index (κ3) is 4.20. The van der Waals surface area contributed by atoms with Crippen LogP contribution in [0.3, 0.4) is 0 Å². The molecule has 0 aliphatic heterocycles. The highest BCUT2D eigenvalue weighted by Crippen LogP contribution is 2.38. The predicted molar refractivity (Wildman–Crippen MR) is 191 cm³/mol. The molecule has 224 valence electrons. The lowest BCUT2D eigenvalue weighted by Gasteiger charge is -2.10. The van der Waals surface area contributed by atoms with Crippen LogP contribution in [0.2, 0.25) is 0 Å². The van der Waals surface area contributed by atoms with Crippen molar-refractivity contribution in [1.82, 2.24) is 19.9 Å². The molecule has 0 aliphatic carbocycles. The molecule has 0 fully saturated rings. The maximum Gasteiger partial charge on any atom is 0.227 e. The van der Waals surface area contributed by atoms with Gasteiger partial charge in [-0.25, -0.2) is 19.9 Å². The van der Waals surface area contributed by atoms with E-state index >= 15 is 0 Å². The molecular weight excluding hydrogens is 592 g/mol. The van der Waals surface area contributed by atoms with Crippen molar-refractivity contribution >= 4 is 54.6 Å². The van der Waals surface area contributed by atoms with E-state index in [4.69, 9.17) is 28.8 Å². The van der Waals surface area contributed by atoms with Crippen molar-refractivity contribution < 1.29 is 8.83 Å². The van der Waals surface area contributed by atoms with E-state index in [1.807, 2.05) is 97.1 Å². The Balaban J connectivity index is 1.21. The zero-order valence-electron chi connectivity index (χ0n) is 25.5. The molecule has 0 saturated carbocycles. The molecule has 10 aromatic rings. The molecular formula is C42H24N4O2. The van der Waals surface area contributed by atoms with Gasteiger partial charge in [0, 0.05) is 32.8 Å². The molecule has 3 heterocycles. The molecule has 48 heavy (non-hydrogen) atoms. The lowest BCUT2D eigenvalue weighted by Crippen LogP contribution is -2.00. The van der Waals surface area contributed by atoms with Gasteiger partial charge in [-0.05, 0) is 52.6 Å². The van der Waals surface area contributed by atoms with Gasteiger partial charge in [0.2, 0.25) is 5.89 Å². The molecule has 10 rings (SSSR count). The summed E-state index contributed by atoms with van der Waals surface area (Å²) in [4.78, 5) is 20.0. The molecule has 0 radical (unpaired) electrons. The van der Waals surface area contributed by atoms with Crippen LogP contribution in [0.15, 0.2) is 154 Å². The third-order valence-corrected chi connectivity index (χ3v) is 8.95. The number of nitrogens with zero attached hydrogens (tertiary/aromatic N) is 4. The Kier molecular flexibility index (Phi) is 5.77. The average molecular weight is 617 g/mol. The monoisotopic (exact) mass is 616 g/mol. The molecule has 7 aromatic carbocycles. The zero-order chi connectivity index (χ0) is 31.6. The number of benzene rings is 7. The van der Waals surface area contributed by atoms with E-state index in [1.54, 1.807) is 0 Å². The van der Waals surface area contributed by atoms with Gasteiger partial charge in [0.1, 0.15) is 16.7 Å². The molecule has 0 spiro atoms. The van der Waals surface area contributed by atoms with Crippen molar-refractivity contribution in [3.05, 3.63) is 146 Å². The van der Waals surface area contributed by atoms with E-state index in [1.165, 1.54) is 0 Å². The summed E-state index contributed by atoms with van der Waals surface area (Å²) in [6.45, 7) is 0. The van der Waals surface area contributed by atoms with Crippen molar-refractivity contribution in [2.75, 3.05) is 0 Å². The zero-order valence-corrected chi connectivity index (χ0v) is 25.5. The third-order valence-electron chi connectivity index (χ3n) is 8.95. The van der Waals surface area contributed by atoms with Crippen LogP contribution in [0.5, 0.6) is 0 Å². The minimum absolute atomic E-state index is 0.548. The summed E-state index contributed by atoms with van der Waals surface area (Å²) in [7, 11) is 0. The van der Waals surface area contributed by atoms with Gasteiger partial charge in [0.05, 0.1) is 5.56 Å². The second-order valence-electron chi connectivity index (χ2n) is 11.9. The summed E-state index contributed by atoms with van der Waals surface area (Å²) in [5.41, 5.74) is 6.67. The summed E-state index contributed by atoms with van der Waals surface area (Å²) in [6, 6.07) is 48.9. The first kappa shape index (κ1) is 26.5. The maximum absolute atomic E-state index is 6.48. The second-order valence-corrected chi connectivity index (χ2v) is 11.9. The van der Waals surface area contributed by atoms with Gasteiger partial charge in [-0.1, -0.05) is 109 Å². The van der Waals surface area contributed by atoms with Gasteiger partial charge < -0.3 is 8.83 Å². The van der Waals surface area contributed by atoms with Crippen LogP contribution in [0.1, 0.15) is 0 Å². The van der Waals surface area contributed by atoms with Crippen LogP contribution in [0, 0.1) is 0 Å². The van der Waals surface area contributed by atoms with E-state index in [0.717, 1.165) is 76.8 Å². The fourth-order valence-electron chi connectivity index (χ4n) is 6.63. The van der Waals surface area contributed by atoms with Crippen LogP contribution >= 0.6 is 0 Å². The molecule has 6 heteroatoms. The number of hydrogen-bond acceptors (Lipinski definition) is 6. The van der Waals surface area contributed by atoms with Crippen molar-refractivity contribution in [3.8, 4) is 45.6 Å². The maximum atomic E-state index is 6.48. The molecule has 6 nitrogen and oxygen atoms in total. The first-order chi connectivity index (χ1) is 23.8. The lowest BCUT2D eigenvalue weighted by atomic mass is 9.99. The molecule has 0 bridgehead atoms. The van der Waals surface area contributed by atoms with E-state index in [9.17, 15) is 0 Å². The number of oxazole rings is 1. The molecule has 0 N–H and O–H groups in total. The SMILES string of the molecule is c1ccc(-c2nc(-c3ccc4ccc5ccc6nc(-c7ccccc7)oc6c5c4c3)nc(-c3cccc4c3oc3ccccc34)n2)cc1. The molecule has 0 unspecified atom stereocenters. The normalized spacial score (nSPS) is 11.8. The second kappa shape index (κ2) is 10.4. The Labute approximate surface area is 274 Å². The predicted octanol–water partition coefficient (Wildman–Crippen LogP) is 10.9. The Morgan fingerprint density at radius 1 is 0.396 bits per heavy atom. The number of hydrogen-bond donors (Lipinski definition) is 0. The van der Waals surface area contributed by atoms with Crippen molar-refractivity contribution in [1.29, 1.82) is 0 Å². The summed E-state index contributed by atoms with van der Waals surface area (Å²) in [5.74, 6) is 2.31. The van der Waals surface area contributed by atoms with Crippen LogP contribution in [0.4, 0.5) is 0 Å². The standard InChI is InChI=1S/C42H24N4O2/c1-3-10-27(11-4-1)39-44-40(46-41(45-39)32-16-9-15-31-30-14-7-8-17-35(30)47-37(31)32)29-21-19-25-18-20-26-22-23-34-38(36(26)33(25)24-29)48-42(43-34)28-12-5-2-6-13-28/h1-24H. The number of para-hydroxylation sites is 2. The Hall–Kier alpha value is -6.66. The number of fused-ring (bicyclic) bond motifs is 8. The minimum atomic E-state index is 0.548. The number of furan rings is 1. The highest BCUT2D eigenvalue weighted by molar-refractivity contribution is 6.18. The summed E-state index contributed by atoms with van der Waals surface area (Å²) in [6.07, 6.45) is 0. The summed E-state index contributed by atoms with van der Waals surface area (Å²) < 4.78 is 12.9. The molecule has 0 amide bonds. The van der Waals surface area contributed by atoms with Gasteiger partial charge >= 0.3 is 0 Å². The summed E-state index contributed by atoms with van der Waals surface area (Å²) >= 11 is 0. The smallest absolute Gasteiger partial charge is 0.227 e. The van der Waals surface area contributed by atoms with Gasteiger partial charge in [-0.2, -0.15) is 0 Å². The topological polar surface area (TPSA) is 77.8 Å². The van der Waals surface area contributed by atoms with E-state index in [0.29, 0.717) is 23.4 Å². The first-order valence-electron chi connectivity index (χ1n) is 15.8. The Morgan fingerprint density at radius 3 is 1.92 bits per heavy atom. The minimum Gasteiger partial charge on any atom is -0.455 e. The molecule has 0 saturated heterocycles. The van der Waals surface area contributed by atoms with Crippen molar-refractivity contribution in [2.45, 2.75) is 0 Å². The number of aromatic nitrogens is 4. The average Bonchev–Trinajstić information content (AvgIpc) is 3.77. The molecule has 0 atom stereocenters.